The monoisotopic (exact) mass is 316 g/mol. The van der Waals surface area contributed by atoms with E-state index < -0.39 is 9.84 Å². The molecule has 0 aromatic carbocycles. The molecule has 4 atom stereocenters. The lowest BCUT2D eigenvalue weighted by atomic mass is 9.46. The van der Waals surface area contributed by atoms with Gasteiger partial charge in [0.2, 0.25) is 0 Å². The third-order valence-electron chi connectivity index (χ3n) is 6.24. The van der Waals surface area contributed by atoms with E-state index in [1.54, 1.807) is 0 Å². The van der Waals surface area contributed by atoms with Gasteiger partial charge < -0.3 is 15.4 Å². The zero-order valence-electron chi connectivity index (χ0n) is 13.3. The van der Waals surface area contributed by atoms with E-state index in [-0.39, 0.29) is 28.9 Å². The van der Waals surface area contributed by atoms with Gasteiger partial charge in [0.25, 0.3) is 0 Å². The minimum absolute atomic E-state index is 0.0518. The van der Waals surface area contributed by atoms with Crippen LogP contribution in [0.2, 0.25) is 0 Å². The predicted molar refractivity (Wildman–Crippen MR) is 82.9 cm³/mol. The number of hydrogen-bond donors (Lipinski definition) is 1. The molecule has 3 fully saturated rings. The van der Waals surface area contributed by atoms with Crippen LogP contribution in [-0.4, -0.2) is 62.7 Å². The first-order valence-electron chi connectivity index (χ1n) is 7.98. The summed E-state index contributed by atoms with van der Waals surface area (Å²) in [4.78, 5) is 2.18. The minimum atomic E-state index is -2.84. The van der Waals surface area contributed by atoms with Crippen LogP contribution in [0, 0.1) is 11.3 Å². The number of hydrogen-bond acceptors (Lipinski definition) is 5. The van der Waals surface area contributed by atoms with Crippen molar-refractivity contribution in [2.24, 2.45) is 17.1 Å². The number of nitrogens with two attached hydrogens (primary N) is 1. The SMILES string of the molecule is CN(CC1(N)C2CCCOC2C1(C)C)C1CCS(=O)(=O)C1. The van der Waals surface area contributed by atoms with E-state index in [4.69, 9.17) is 10.5 Å². The van der Waals surface area contributed by atoms with Crippen molar-refractivity contribution in [3.05, 3.63) is 0 Å². The molecule has 6 heteroatoms. The fourth-order valence-electron chi connectivity index (χ4n) is 4.65. The van der Waals surface area contributed by atoms with Gasteiger partial charge in [0.15, 0.2) is 9.84 Å². The highest BCUT2D eigenvalue weighted by Crippen LogP contribution is 2.57. The lowest BCUT2D eigenvalue weighted by Gasteiger charge is -2.67. The van der Waals surface area contributed by atoms with Crippen LogP contribution in [-0.2, 0) is 14.6 Å². The summed E-state index contributed by atoms with van der Waals surface area (Å²) in [5, 5.41) is 0. The highest BCUT2D eigenvalue weighted by atomic mass is 32.2. The van der Waals surface area contributed by atoms with Crippen LogP contribution in [0.15, 0.2) is 0 Å². The molecule has 0 radical (unpaired) electrons. The van der Waals surface area contributed by atoms with Crippen molar-refractivity contribution >= 4 is 9.84 Å². The Kier molecular flexibility index (Phi) is 3.68. The third kappa shape index (κ3) is 2.35. The number of sulfone groups is 1. The lowest BCUT2D eigenvalue weighted by molar-refractivity contribution is -0.232. The van der Waals surface area contributed by atoms with E-state index in [0.717, 1.165) is 32.4 Å². The van der Waals surface area contributed by atoms with E-state index in [2.05, 4.69) is 18.7 Å². The smallest absolute Gasteiger partial charge is 0.151 e. The second-order valence-electron chi connectivity index (χ2n) is 7.77. The lowest BCUT2D eigenvalue weighted by Crippen LogP contribution is -2.80. The Hall–Kier alpha value is -0.170. The molecule has 122 valence electrons. The van der Waals surface area contributed by atoms with Gasteiger partial charge in [0.05, 0.1) is 17.6 Å². The summed E-state index contributed by atoms with van der Waals surface area (Å²) in [6.45, 7) is 5.99. The molecule has 1 saturated carbocycles. The zero-order chi connectivity index (χ0) is 15.5. The molecule has 2 aliphatic heterocycles. The van der Waals surface area contributed by atoms with Crippen molar-refractivity contribution in [3.63, 3.8) is 0 Å². The van der Waals surface area contributed by atoms with E-state index in [9.17, 15) is 8.42 Å². The minimum Gasteiger partial charge on any atom is -0.377 e. The number of rotatable bonds is 3. The van der Waals surface area contributed by atoms with Gasteiger partial charge in [-0.05, 0) is 26.3 Å². The summed E-state index contributed by atoms with van der Waals surface area (Å²) in [6.07, 6.45) is 3.20. The second-order valence-corrected chi connectivity index (χ2v) is 10.0. The van der Waals surface area contributed by atoms with Gasteiger partial charge in [-0.1, -0.05) is 13.8 Å². The largest absolute Gasteiger partial charge is 0.377 e. The Morgan fingerprint density at radius 1 is 1.33 bits per heavy atom. The molecule has 5 nitrogen and oxygen atoms in total. The van der Waals surface area contributed by atoms with E-state index in [1.165, 1.54) is 0 Å². The summed E-state index contributed by atoms with van der Waals surface area (Å²) in [5.41, 5.74) is 6.47. The third-order valence-corrected chi connectivity index (χ3v) is 7.99. The van der Waals surface area contributed by atoms with Gasteiger partial charge in [-0.15, -0.1) is 0 Å². The van der Waals surface area contributed by atoms with Crippen LogP contribution in [0.25, 0.3) is 0 Å². The van der Waals surface area contributed by atoms with Gasteiger partial charge in [-0.3, -0.25) is 0 Å². The standard InChI is InChI=1S/C15H28N2O3S/c1-14(2)13-12(5-4-7-20-13)15(14,16)10-17(3)11-6-8-21(18,19)9-11/h11-13H,4-10,16H2,1-3H3. The topological polar surface area (TPSA) is 72.6 Å². The molecule has 2 saturated heterocycles. The number of ether oxygens (including phenoxy) is 1. The van der Waals surface area contributed by atoms with Crippen molar-refractivity contribution < 1.29 is 13.2 Å². The maximum absolute atomic E-state index is 11.7. The molecule has 3 aliphatic rings. The summed E-state index contributed by atoms with van der Waals surface area (Å²) in [5.74, 6) is 1.00. The van der Waals surface area contributed by atoms with Crippen molar-refractivity contribution in [3.8, 4) is 0 Å². The van der Waals surface area contributed by atoms with Gasteiger partial charge in [-0.25, -0.2) is 8.42 Å². The number of likely N-dealkylation sites (N-methyl/N-ethyl adjacent to an activating group) is 1. The van der Waals surface area contributed by atoms with E-state index >= 15 is 0 Å². The van der Waals surface area contributed by atoms with E-state index in [0.29, 0.717) is 11.7 Å². The van der Waals surface area contributed by atoms with Crippen LogP contribution < -0.4 is 5.73 Å². The first-order valence-corrected chi connectivity index (χ1v) is 9.81. The maximum atomic E-state index is 11.7. The van der Waals surface area contributed by atoms with Crippen molar-refractivity contribution in [1.82, 2.24) is 4.90 Å². The summed E-state index contributed by atoms with van der Waals surface area (Å²) in [7, 11) is -0.823. The van der Waals surface area contributed by atoms with Crippen LogP contribution in [0.1, 0.15) is 33.1 Å². The average Bonchev–Trinajstić information content (AvgIpc) is 2.79. The Labute approximate surface area is 128 Å². The summed E-state index contributed by atoms with van der Waals surface area (Å²) in [6, 6.07) is 0.120. The first-order chi connectivity index (χ1) is 9.67. The van der Waals surface area contributed by atoms with E-state index in [1.807, 2.05) is 7.05 Å². The first kappa shape index (κ1) is 15.7. The molecular weight excluding hydrogens is 288 g/mol. The number of nitrogens with zero attached hydrogens (tertiary/aromatic N) is 1. The molecule has 0 aromatic rings. The summed E-state index contributed by atoms with van der Waals surface area (Å²) < 4.78 is 29.3. The van der Waals surface area contributed by atoms with Crippen LogP contribution in [0.3, 0.4) is 0 Å². The zero-order valence-corrected chi connectivity index (χ0v) is 14.2. The summed E-state index contributed by atoms with van der Waals surface area (Å²) >= 11 is 0. The molecule has 1 aliphatic carbocycles. The van der Waals surface area contributed by atoms with Gasteiger partial charge in [0.1, 0.15) is 0 Å². The molecule has 21 heavy (non-hydrogen) atoms. The highest BCUT2D eigenvalue weighted by molar-refractivity contribution is 7.91. The Bertz CT molecular complexity index is 519. The Balaban J connectivity index is 1.71. The highest BCUT2D eigenvalue weighted by Gasteiger charge is 2.66. The Morgan fingerprint density at radius 2 is 2.05 bits per heavy atom. The van der Waals surface area contributed by atoms with Gasteiger partial charge in [-0.2, -0.15) is 0 Å². The van der Waals surface area contributed by atoms with Crippen LogP contribution >= 0.6 is 0 Å². The fourth-order valence-corrected chi connectivity index (χ4v) is 6.46. The fraction of sp³-hybridized carbons (Fsp3) is 1.00. The van der Waals surface area contributed by atoms with Crippen molar-refractivity contribution in [1.29, 1.82) is 0 Å². The average molecular weight is 316 g/mol. The van der Waals surface area contributed by atoms with Crippen molar-refractivity contribution in [2.75, 3.05) is 31.7 Å². The van der Waals surface area contributed by atoms with Crippen LogP contribution in [0.5, 0.6) is 0 Å². The molecule has 2 N–H and O–H groups in total. The second kappa shape index (κ2) is 4.91. The molecule has 4 unspecified atom stereocenters. The molecule has 0 bridgehead atoms. The molecule has 0 aromatic heterocycles. The Morgan fingerprint density at radius 3 is 2.67 bits per heavy atom. The van der Waals surface area contributed by atoms with Gasteiger partial charge >= 0.3 is 0 Å². The molecular formula is C15H28N2O3S. The molecule has 0 amide bonds. The maximum Gasteiger partial charge on any atom is 0.151 e. The normalized spacial score (nSPS) is 44.3. The molecule has 0 spiro atoms. The molecule has 2 heterocycles. The predicted octanol–water partition coefficient (Wildman–Crippen LogP) is 0.638. The molecule has 3 rings (SSSR count). The quantitative estimate of drug-likeness (QED) is 0.827. The van der Waals surface area contributed by atoms with Crippen molar-refractivity contribution in [2.45, 2.75) is 50.8 Å². The van der Waals surface area contributed by atoms with Gasteiger partial charge in [0, 0.05) is 36.1 Å². The van der Waals surface area contributed by atoms with Crippen LogP contribution in [0.4, 0.5) is 0 Å². The number of fused-ring (bicyclic) bond motifs is 1.